The Bertz CT molecular complexity index is 365. The molecular formula is C11H22N2O3S. The van der Waals surface area contributed by atoms with Gasteiger partial charge in [-0.1, -0.05) is 6.42 Å². The van der Waals surface area contributed by atoms with Gasteiger partial charge in [-0.2, -0.15) is 0 Å². The molecule has 2 N–H and O–H groups in total. The van der Waals surface area contributed by atoms with Crippen LogP contribution in [-0.4, -0.2) is 63.2 Å². The molecule has 17 heavy (non-hydrogen) atoms. The highest BCUT2D eigenvalue weighted by Gasteiger charge is 2.50. The van der Waals surface area contributed by atoms with Crippen LogP contribution in [0.4, 0.5) is 0 Å². The number of rotatable bonds is 3. The Labute approximate surface area is 103 Å². The van der Waals surface area contributed by atoms with E-state index in [4.69, 9.17) is 10.5 Å². The molecule has 1 saturated heterocycles. The number of sulfone groups is 1. The molecule has 0 spiro atoms. The van der Waals surface area contributed by atoms with Crippen molar-refractivity contribution < 1.29 is 13.2 Å². The third kappa shape index (κ3) is 2.36. The fourth-order valence-electron chi connectivity index (χ4n) is 3.37. The summed E-state index contributed by atoms with van der Waals surface area (Å²) < 4.78 is 29.2. The zero-order valence-electron chi connectivity index (χ0n) is 10.4. The van der Waals surface area contributed by atoms with Crippen molar-refractivity contribution in [3.8, 4) is 0 Å². The molecule has 6 heteroatoms. The van der Waals surface area contributed by atoms with Crippen molar-refractivity contribution in [3.63, 3.8) is 0 Å². The van der Waals surface area contributed by atoms with Gasteiger partial charge in [0.05, 0.1) is 24.0 Å². The molecule has 0 radical (unpaired) electrons. The van der Waals surface area contributed by atoms with Crippen LogP contribution >= 0.6 is 0 Å². The van der Waals surface area contributed by atoms with Gasteiger partial charge in [0.1, 0.15) is 0 Å². The summed E-state index contributed by atoms with van der Waals surface area (Å²) in [6.07, 6.45) is 3.93. The standard InChI is InChI=1S/C11H22N2O3S/c1-17(14,15)10-3-2-4-11(10,9-12)13-5-7-16-8-6-13/h10H,2-9,12H2,1H3. The molecule has 0 bridgehead atoms. The highest BCUT2D eigenvalue weighted by Crippen LogP contribution is 2.39. The van der Waals surface area contributed by atoms with Crippen molar-refractivity contribution >= 4 is 9.84 Å². The van der Waals surface area contributed by atoms with Crippen molar-refractivity contribution in [2.45, 2.75) is 30.1 Å². The van der Waals surface area contributed by atoms with Crippen LogP contribution in [0.5, 0.6) is 0 Å². The lowest BCUT2D eigenvalue weighted by Gasteiger charge is -2.45. The number of nitrogens with two attached hydrogens (primary N) is 1. The van der Waals surface area contributed by atoms with Gasteiger partial charge in [-0.15, -0.1) is 0 Å². The molecule has 1 heterocycles. The van der Waals surface area contributed by atoms with Gasteiger partial charge in [0, 0.05) is 25.9 Å². The van der Waals surface area contributed by atoms with E-state index in [-0.39, 0.29) is 10.8 Å². The van der Waals surface area contributed by atoms with Crippen LogP contribution in [0.25, 0.3) is 0 Å². The van der Waals surface area contributed by atoms with Gasteiger partial charge in [-0.05, 0) is 12.8 Å². The van der Waals surface area contributed by atoms with Crippen molar-refractivity contribution in [1.82, 2.24) is 4.90 Å². The zero-order chi connectivity index (χ0) is 12.5. The van der Waals surface area contributed by atoms with Gasteiger partial charge in [-0.3, -0.25) is 4.90 Å². The lowest BCUT2D eigenvalue weighted by Crippen LogP contribution is -2.63. The first-order chi connectivity index (χ1) is 8.00. The van der Waals surface area contributed by atoms with Crippen LogP contribution in [0.1, 0.15) is 19.3 Å². The maximum Gasteiger partial charge on any atom is 0.152 e. The van der Waals surface area contributed by atoms with E-state index in [9.17, 15) is 8.42 Å². The van der Waals surface area contributed by atoms with Crippen LogP contribution in [0.2, 0.25) is 0 Å². The SMILES string of the molecule is CS(=O)(=O)C1CCCC1(CN)N1CCOCC1. The average Bonchev–Trinajstić information content (AvgIpc) is 2.75. The summed E-state index contributed by atoms with van der Waals surface area (Å²) in [7, 11) is -3.03. The van der Waals surface area contributed by atoms with Crippen molar-refractivity contribution in [2.75, 3.05) is 39.1 Å². The minimum Gasteiger partial charge on any atom is -0.379 e. The average molecular weight is 262 g/mol. The van der Waals surface area contributed by atoms with Crippen LogP contribution in [0.15, 0.2) is 0 Å². The van der Waals surface area contributed by atoms with Gasteiger partial charge in [-0.25, -0.2) is 8.42 Å². The smallest absolute Gasteiger partial charge is 0.152 e. The minimum absolute atomic E-state index is 0.307. The Hall–Kier alpha value is -0.170. The molecule has 0 amide bonds. The second-order valence-corrected chi connectivity index (χ2v) is 7.35. The van der Waals surface area contributed by atoms with E-state index in [0.717, 1.165) is 32.4 Å². The van der Waals surface area contributed by atoms with E-state index in [1.165, 1.54) is 6.26 Å². The summed E-state index contributed by atoms with van der Waals surface area (Å²) in [5, 5.41) is -0.307. The van der Waals surface area contributed by atoms with E-state index in [0.29, 0.717) is 19.8 Å². The second-order valence-electron chi connectivity index (χ2n) is 5.12. The monoisotopic (exact) mass is 262 g/mol. The molecule has 2 unspecified atom stereocenters. The summed E-state index contributed by atoms with van der Waals surface area (Å²) in [4.78, 5) is 2.25. The van der Waals surface area contributed by atoms with Crippen molar-refractivity contribution in [2.24, 2.45) is 5.73 Å². The third-order valence-electron chi connectivity index (χ3n) is 4.19. The van der Waals surface area contributed by atoms with Crippen LogP contribution in [0.3, 0.4) is 0 Å². The first-order valence-electron chi connectivity index (χ1n) is 6.22. The van der Waals surface area contributed by atoms with Crippen molar-refractivity contribution in [3.05, 3.63) is 0 Å². The maximum absolute atomic E-state index is 11.9. The van der Waals surface area contributed by atoms with E-state index in [2.05, 4.69) is 4.90 Å². The predicted octanol–water partition coefficient (Wildman–Crippen LogP) is -0.387. The molecule has 0 aromatic heterocycles. The molecule has 0 aromatic carbocycles. The maximum atomic E-state index is 11.9. The number of hydrogen-bond acceptors (Lipinski definition) is 5. The Morgan fingerprint density at radius 3 is 2.59 bits per heavy atom. The molecule has 2 aliphatic rings. The molecular weight excluding hydrogens is 240 g/mol. The van der Waals surface area contributed by atoms with Gasteiger partial charge in [0.2, 0.25) is 0 Å². The molecule has 1 aliphatic carbocycles. The number of morpholine rings is 1. The number of ether oxygens (including phenoxy) is 1. The molecule has 2 fully saturated rings. The predicted molar refractivity (Wildman–Crippen MR) is 66.7 cm³/mol. The van der Waals surface area contributed by atoms with E-state index < -0.39 is 9.84 Å². The molecule has 1 aliphatic heterocycles. The van der Waals surface area contributed by atoms with Crippen LogP contribution < -0.4 is 5.73 Å². The fraction of sp³-hybridized carbons (Fsp3) is 1.00. The lowest BCUT2D eigenvalue weighted by molar-refractivity contribution is -0.0163. The first-order valence-corrected chi connectivity index (χ1v) is 8.18. The van der Waals surface area contributed by atoms with E-state index in [1.54, 1.807) is 0 Å². The topological polar surface area (TPSA) is 72.6 Å². The molecule has 5 nitrogen and oxygen atoms in total. The molecule has 100 valence electrons. The Morgan fingerprint density at radius 2 is 2.06 bits per heavy atom. The number of hydrogen-bond donors (Lipinski definition) is 1. The molecule has 0 aromatic rings. The highest BCUT2D eigenvalue weighted by atomic mass is 32.2. The van der Waals surface area contributed by atoms with Crippen LogP contribution in [0, 0.1) is 0 Å². The zero-order valence-corrected chi connectivity index (χ0v) is 11.2. The van der Waals surface area contributed by atoms with E-state index >= 15 is 0 Å². The quantitative estimate of drug-likeness (QED) is 0.750. The number of nitrogens with zero attached hydrogens (tertiary/aromatic N) is 1. The summed E-state index contributed by atoms with van der Waals surface area (Å²) in [6.45, 7) is 3.37. The second kappa shape index (κ2) is 4.84. The lowest BCUT2D eigenvalue weighted by atomic mass is 9.94. The Kier molecular flexibility index (Phi) is 3.77. The highest BCUT2D eigenvalue weighted by molar-refractivity contribution is 7.91. The molecule has 2 rings (SSSR count). The normalized spacial score (nSPS) is 36.2. The van der Waals surface area contributed by atoms with Gasteiger partial charge in [0.25, 0.3) is 0 Å². The summed E-state index contributed by atoms with van der Waals surface area (Å²) >= 11 is 0. The molecule has 2 atom stereocenters. The molecule has 1 saturated carbocycles. The minimum atomic E-state index is -3.03. The van der Waals surface area contributed by atoms with Crippen molar-refractivity contribution in [1.29, 1.82) is 0 Å². The summed E-state index contributed by atoms with van der Waals surface area (Å²) in [5.41, 5.74) is 5.59. The Balaban J connectivity index is 2.28. The van der Waals surface area contributed by atoms with E-state index in [1.807, 2.05) is 0 Å². The van der Waals surface area contributed by atoms with Crippen LogP contribution in [-0.2, 0) is 14.6 Å². The third-order valence-corrected chi connectivity index (χ3v) is 5.89. The Morgan fingerprint density at radius 1 is 1.41 bits per heavy atom. The summed E-state index contributed by atoms with van der Waals surface area (Å²) in [6, 6.07) is 0. The first kappa shape index (κ1) is 13.3. The van der Waals surface area contributed by atoms with Gasteiger partial charge < -0.3 is 10.5 Å². The van der Waals surface area contributed by atoms with Gasteiger partial charge in [0.15, 0.2) is 9.84 Å². The summed E-state index contributed by atoms with van der Waals surface area (Å²) in [5.74, 6) is 0. The largest absolute Gasteiger partial charge is 0.379 e. The van der Waals surface area contributed by atoms with Gasteiger partial charge >= 0.3 is 0 Å². The fourth-order valence-corrected chi connectivity index (χ4v) is 5.12.